The summed E-state index contributed by atoms with van der Waals surface area (Å²) in [4.78, 5) is 12.5. The first-order valence-electron chi connectivity index (χ1n) is 7.03. The number of hydrogen-bond donors (Lipinski definition) is 2. The number of tetrazole rings is 1. The molecule has 0 bridgehead atoms. The van der Waals surface area contributed by atoms with Crippen molar-refractivity contribution < 1.29 is 14.4 Å². The van der Waals surface area contributed by atoms with Crippen LogP contribution in [0.3, 0.4) is 0 Å². The lowest BCUT2D eigenvalue weighted by molar-refractivity contribution is -0.919. The van der Waals surface area contributed by atoms with Gasteiger partial charge in [-0.3, -0.25) is 4.79 Å². The summed E-state index contributed by atoms with van der Waals surface area (Å²) < 4.78 is 6.85. The van der Waals surface area contributed by atoms with Gasteiger partial charge in [-0.25, -0.2) is 4.68 Å². The molecule has 0 aliphatic carbocycles. The van der Waals surface area contributed by atoms with Crippen molar-refractivity contribution in [2.45, 2.75) is 38.9 Å². The van der Waals surface area contributed by atoms with Crippen LogP contribution in [0, 0.1) is 0 Å². The van der Waals surface area contributed by atoms with Crippen LogP contribution in [0.15, 0.2) is 0 Å². The summed E-state index contributed by atoms with van der Waals surface area (Å²) in [5, 5.41) is 14.8. The standard InChI is InChI=1S/C12H22N6O2/c1-10(19)13-11-3-5-17(6-4-11)9-12-14-15-16-18(12)7-8-20-2/h11H,3-9H2,1-2H3,(H,13,19)/p+1. The summed E-state index contributed by atoms with van der Waals surface area (Å²) >= 11 is 0. The molecular weight excluding hydrogens is 260 g/mol. The van der Waals surface area contributed by atoms with E-state index >= 15 is 0 Å². The van der Waals surface area contributed by atoms with Gasteiger partial charge in [0.25, 0.3) is 0 Å². The SMILES string of the molecule is COCCn1nnnc1C[NH+]1CCC(NC(C)=O)CC1. The summed E-state index contributed by atoms with van der Waals surface area (Å²) in [6, 6.07) is 0.320. The Bertz CT molecular complexity index is 427. The highest BCUT2D eigenvalue weighted by atomic mass is 16.5. The number of nitrogens with one attached hydrogen (secondary N) is 2. The quantitative estimate of drug-likeness (QED) is 0.631. The zero-order valence-corrected chi connectivity index (χ0v) is 12.1. The Morgan fingerprint density at radius 2 is 2.25 bits per heavy atom. The van der Waals surface area contributed by atoms with Gasteiger partial charge in [0.15, 0.2) is 0 Å². The van der Waals surface area contributed by atoms with Gasteiger partial charge in [0.2, 0.25) is 11.7 Å². The summed E-state index contributed by atoms with van der Waals surface area (Å²) in [6.45, 7) is 5.75. The van der Waals surface area contributed by atoms with Crippen LogP contribution in [0.25, 0.3) is 0 Å². The first-order chi connectivity index (χ1) is 9.69. The first-order valence-corrected chi connectivity index (χ1v) is 7.03. The third-order valence-corrected chi connectivity index (χ3v) is 3.62. The minimum atomic E-state index is 0.0574. The Labute approximate surface area is 118 Å². The Balaban J connectivity index is 1.80. The molecule has 1 aromatic heterocycles. The molecule has 0 spiro atoms. The predicted molar refractivity (Wildman–Crippen MR) is 70.9 cm³/mol. The third kappa shape index (κ3) is 4.24. The normalized spacial score (nSPS) is 22.7. The maximum atomic E-state index is 11.0. The fourth-order valence-corrected chi connectivity index (χ4v) is 2.56. The maximum Gasteiger partial charge on any atom is 0.217 e. The topological polar surface area (TPSA) is 86.4 Å². The van der Waals surface area contributed by atoms with Crippen LogP contribution in [-0.4, -0.2) is 59.0 Å². The van der Waals surface area contributed by atoms with Gasteiger partial charge < -0.3 is 15.0 Å². The molecule has 1 aliphatic rings. The van der Waals surface area contributed by atoms with E-state index < -0.39 is 0 Å². The lowest BCUT2D eigenvalue weighted by Gasteiger charge is -2.29. The Hall–Kier alpha value is -1.54. The Morgan fingerprint density at radius 3 is 2.90 bits per heavy atom. The minimum absolute atomic E-state index is 0.0574. The van der Waals surface area contributed by atoms with Crippen molar-refractivity contribution in [1.82, 2.24) is 25.5 Å². The monoisotopic (exact) mass is 283 g/mol. The number of ether oxygens (including phenoxy) is 1. The summed E-state index contributed by atoms with van der Waals surface area (Å²) in [7, 11) is 1.67. The molecule has 2 rings (SSSR count). The number of likely N-dealkylation sites (tertiary alicyclic amines) is 1. The van der Waals surface area contributed by atoms with Gasteiger partial charge in [-0.2, -0.15) is 0 Å². The highest BCUT2D eigenvalue weighted by Gasteiger charge is 2.24. The van der Waals surface area contributed by atoms with E-state index in [1.165, 1.54) is 4.90 Å². The summed E-state index contributed by atoms with van der Waals surface area (Å²) in [5.74, 6) is 0.956. The van der Waals surface area contributed by atoms with E-state index in [4.69, 9.17) is 4.74 Å². The molecule has 1 aliphatic heterocycles. The highest BCUT2D eigenvalue weighted by molar-refractivity contribution is 5.73. The lowest BCUT2D eigenvalue weighted by Crippen LogP contribution is -3.12. The molecule has 8 heteroatoms. The fourth-order valence-electron chi connectivity index (χ4n) is 2.56. The van der Waals surface area contributed by atoms with Crippen molar-refractivity contribution in [2.75, 3.05) is 26.8 Å². The Morgan fingerprint density at radius 1 is 1.50 bits per heavy atom. The lowest BCUT2D eigenvalue weighted by atomic mass is 10.1. The largest absolute Gasteiger partial charge is 0.383 e. The molecule has 20 heavy (non-hydrogen) atoms. The van der Waals surface area contributed by atoms with Crippen molar-refractivity contribution in [3.05, 3.63) is 5.82 Å². The van der Waals surface area contributed by atoms with Gasteiger partial charge in [0, 0.05) is 32.9 Å². The van der Waals surface area contributed by atoms with E-state index in [9.17, 15) is 4.79 Å². The molecule has 2 N–H and O–H groups in total. The van der Waals surface area contributed by atoms with E-state index in [0.717, 1.165) is 38.3 Å². The number of carbonyl (C=O) groups excluding carboxylic acids is 1. The average molecular weight is 283 g/mol. The maximum absolute atomic E-state index is 11.0. The summed E-state index contributed by atoms with van der Waals surface area (Å²) in [5.41, 5.74) is 0. The molecule has 8 nitrogen and oxygen atoms in total. The number of methoxy groups -OCH3 is 1. The van der Waals surface area contributed by atoms with Crippen LogP contribution < -0.4 is 10.2 Å². The number of carbonyl (C=O) groups is 1. The molecule has 0 saturated carbocycles. The predicted octanol–water partition coefficient (Wildman–Crippen LogP) is -2.00. The molecule has 2 heterocycles. The van der Waals surface area contributed by atoms with Gasteiger partial charge in [-0.05, 0) is 10.4 Å². The van der Waals surface area contributed by atoms with Crippen molar-refractivity contribution in [2.24, 2.45) is 0 Å². The molecule has 1 aromatic rings. The van der Waals surface area contributed by atoms with E-state index in [2.05, 4.69) is 20.8 Å². The Kier molecular flexibility index (Phi) is 5.42. The number of piperidine rings is 1. The van der Waals surface area contributed by atoms with Crippen molar-refractivity contribution in [3.63, 3.8) is 0 Å². The van der Waals surface area contributed by atoms with Gasteiger partial charge in [-0.15, -0.1) is 5.10 Å². The van der Waals surface area contributed by atoms with Crippen LogP contribution in [0.1, 0.15) is 25.6 Å². The van der Waals surface area contributed by atoms with Gasteiger partial charge in [-0.1, -0.05) is 0 Å². The third-order valence-electron chi connectivity index (χ3n) is 3.62. The number of rotatable bonds is 6. The van der Waals surface area contributed by atoms with Crippen LogP contribution in [-0.2, 0) is 22.6 Å². The van der Waals surface area contributed by atoms with Crippen molar-refractivity contribution in [3.8, 4) is 0 Å². The number of nitrogens with zero attached hydrogens (tertiary/aromatic N) is 4. The van der Waals surface area contributed by atoms with Crippen LogP contribution in [0.4, 0.5) is 0 Å². The average Bonchev–Trinajstić information content (AvgIpc) is 2.85. The highest BCUT2D eigenvalue weighted by Crippen LogP contribution is 2.00. The molecule has 1 amide bonds. The van der Waals surface area contributed by atoms with Gasteiger partial charge >= 0.3 is 0 Å². The first kappa shape index (κ1) is 14.9. The number of hydrogen-bond acceptors (Lipinski definition) is 5. The molecule has 1 saturated heterocycles. The van der Waals surface area contributed by atoms with E-state index in [1.807, 2.05) is 0 Å². The second-order valence-corrected chi connectivity index (χ2v) is 5.21. The van der Waals surface area contributed by atoms with Gasteiger partial charge in [0.05, 0.1) is 26.2 Å². The van der Waals surface area contributed by atoms with Gasteiger partial charge in [0.1, 0.15) is 6.54 Å². The summed E-state index contributed by atoms with van der Waals surface area (Å²) in [6.07, 6.45) is 2.02. The zero-order chi connectivity index (χ0) is 14.4. The second-order valence-electron chi connectivity index (χ2n) is 5.21. The van der Waals surface area contributed by atoms with Crippen LogP contribution in [0.5, 0.6) is 0 Å². The molecule has 0 unspecified atom stereocenters. The number of amides is 1. The minimum Gasteiger partial charge on any atom is -0.383 e. The van der Waals surface area contributed by atoms with Crippen molar-refractivity contribution in [1.29, 1.82) is 0 Å². The molecule has 0 radical (unpaired) electrons. The number of aromatic nitrogens is 4. The van der Waals surface area contributed by atoms with E-state index in [-0.39, 0.29) is 5.91 Å². The van der Waals surface area contributed by atoms with Crippen molar-refractivity contribution >= 4 is 5.91 Å². The molecule has 1 fully saturated rings. The van der Waals surface area contributed by atoms with E-state index in [0.29, 0.717) is 19.2 Å². The number of quaternary nitrogens is 1. The smallest absolute Gasteiger partial charge is 0.217 e. The van der Waals surface area contributed by atoms with E-state index in [1.54, 1.807) is 18.7 Å². The second kappa shape index (κ2) is 7.30. The fraction of sp³-hybridized carbons (Fsp3) is 0.833. The zero-order valence-electron chi connectivity index (χ0n) is 12.1. The molecule has 0 atom stereocenters. The molecule has 0 aromatic carbocycles. The molecule has 112 valence electrons. The van der Waals surface area contributed by atoms with Crippen LogP contribution in [0.2, 0.25) is 0 Å². The van der Waals surface area contributed by atoms with Crippen LogP contribution >= 0.6 is 0 Å². The molecular formula is C12H23N6O2+.